The highest BCUT2D eigenvalue weighted by Gasteiger charge is 1.75. The molecule has 0 aliphatic rings. The van der Waals surface area contributed by atoms with Crippen LogP contribution in [0.2, 0.25) is 0 Å². The van der Waals surface area contributed by atoms with E-state index in [1.54, 1.807) is 23.6 Å². The van der Waals surface area contributed by atoms with E-state index >= 15 is 0 Å². The quantitative estimate of drug-likeness (QED) is 0.316. The summed E-state index contributed by atoms with van der Waals surface area (Å²) in [4.78, 5) is 0. The fourth-order valence-electron chi connectivity index (χ4n) is 0.292. The summed E-state index contributed by atoms with van der Waals surface area (Å²) in [7, 11) is 0. The molecule has 0 nitrogen and oxygen atoms in total. The molecule has 0 bridgehead atoms. The van der Waals surface area contributed by atoms with Gasteiger partial charge in [-0.2, -0.15) is 0 Å². The predicted octanol–water partition coefficient (Wildman–Crippen LogP) is 2.28. The molecule has 0 N–H and O–H groups in total. The molecule has 0 aliphatic heterocycles. The average Bonchev–Trinajstić information content (AvgIpc) is 1.83. The molecular formula is C7H8S. The van der Waals surface area contributed by atoms with Crippen LogP contribution in [0.25, 0.3) is 0 Å². The Balaban J connectivity index is 4.05. The molecular weight excluding hydrogens is 116 g/mol. The summed E-state index contributed by atoms with van der Waals surface area (Å²) in [5.74, 6) is 0. The van der Waals surface area contributed by atoms with Gasteiger partial charge in [-0.25, -0.2) is 0 Å². The average molecular weight is 124 g/mol. The van der Waals surface area contributed by atoms with Gasteiger partial charge in [0.1, 0.15) is 0 Å². The van der Waals surface area contributed by atoms with Crippen LogP contribution in [0.5, 0.6) is 0 Å². The van der Waals surface area contributed by atoms with Gasteiger partial charge in [-0.1, -0.05) is 43.6 Å². The van der Waals surface area contributed by atoms with Gasteiger partial charge in [-0.05, 0) is 5.57 Å². The lowest BCUT2D eigenvalue weighted by atomic mass is 10.3. The number of rotatable bonds is 3. The third-order valence-corrected chi connectivity index (χ3v) is 0.954. The van der Waals surface area contributed by atoms with Gasteiger partial charge in [0.15, 0.2) is 0 Å². The molecule has 0 saturated heterocycles. The van der Waals surface area contributed by atoms with E-state index in [2.05, 4.69) is 25.4 Å². The van der Waals surface area contributed by atoms with Crippen LogP contribution >= 0.6 is 12.2 Å². The van der Waals surface area contributed by atoms with Crippen molar-refractivity contribution in [2.45, 2.75) is 0 Å². The van der Waals surface area contributed by atoms with Crippen LogP contribution in [0.1, 0.15) is 0 Å². The van der Waals surface area contributed by atoms with E-state index in [1.807, 2.05) is 0 Å². The molecule has 8 heavy (non-hydrogen) atoms. The first-order valence-corrected chi connectivity index (χ1v) is 2.72. The van der Waals surface area contributed by atoms with Crippen molar-refractivity contribution in [3.05, 3.63) is 37.0 Å². The summed E-state index contributed by atoms with van der Waals surface area (Å²) in [6.45, 7) is 7.04. The van der Waals surface area contributed by atoms with Crippen LogP contribution in [-0.4, -0.2) is 5.37 Å². The Morgan fingerprint density at radius 2 is 2.00 bits per heavy atom. The lowest BCUT2D eigenvalue weighted by Gasteiger charge is -1.81. The van der Waals surface area contributed by atoms with Crippen LogP contribution < -0.4 is 0 Å². The third kappa shape index (κ3) is 2.48. The third-order valence-electron chi connectivity index (χ3n) is 0.682. The Morgan fingerprint density at radius 3 is 2.12 bits per heavy atom. The largest absolute Gasteiger partial charge is 0.0990 e. The van der Waals surface area contributed by atoms with E-state index < -0.39 is 0 Å². The zero-order valence-corrected chi connectivity index (χ0v) is 5.45. The minimum absolute atomic E-state index is 0.926. The molecule has 0 rings (SSSR count). The summed E-state index contributed by atoms with van der Waals surface area (Å²) in [6, 6.07) is 0. The van der Waals surface area contributed by atoms with Gasteiger partial charge in [-0.15, -0.1) is 0 Å². The molecule has 0 amide bonds. The van der Waals surface area contributed by atoms with Crippen LogP contribution in [-0.2, 0) is 0 Å². The highest BCUT2D eigenvalue weighted by atomic mass is 32.1. The van der Waals surface area contributed by atoms with E-state index in [9.17, 15) is 0 Å². The summed E-state index contributed by atoms with van der Waals surface area (Å²) >= 11 is 4.63. The first-order valence-electron chi connectivity index (χ1n) is 2.25. The molecule has 1 heteroatoms. The Bertz CT molecular complexity index is 121. The molecule has 0 spiro atoms. The van der Waals surface area contributed by atoms with E-state index in [-0.39, 0.29) is 0 Å². The fraction of sp³-hybridized carbons (Fsp3) is 0. The van der Waals surface area contributed by atoms with Crippen molar-refractivity contribution < 1.29 is 0 Å². The fourth-order valence-corrected chi connectivity index (χ4v) is 0.466. The summed E-state index contributed by atoms with van der Waals surface area (Å²) in [5, 5.41) is 1.56. The lowest BCUT2D eigenvalue weighted by molar-refractivity contribution is 1.87. The maximum atomic E-state index is 4.63. The smallest absolute Gasteiger partial charge is 0.00858 e. The molecule has 0 heterocycles. The minimum atomic E-state index is 0.926. The predicted molar refractivity (Wildman–Crippen MR) is 42.1 cm³/mol. The molecule has 0 aromatic carbocycles. The first-order chi connectivity index (χ1) is 3.85. The molecule has 0 fully saturated rings. The van der Waals surface area contributed by atoms with Crippen LogP contribution in [0.15, 0.2) is 37.0 Å². The molecule has 0 aliphatic carbocycles. The van der Waals surface area contributed by atoms with Crippen molar-refractivity contribution >= 4 is 17.6 Å². The number of hydrogen-bond donors (Lipinski definition) is 0. The number of allylic oxidation sites excluding steroid dienone is 4. The van der Waals surface area contributed by atoms with E-state index in [0.29, 0.717) is 0 Å². The van der Waals surface area contributed by atoms with Gasteiger partial charge in [0.05, 0.1) is 0 Å². The summed E-state index contributed by atoms with van der Waals surface area (Å²) in [5.41, 5.74) is 0.926. The van der Waals surface area contributed by atoms with Crippen molar-refractivity contribution in [2.24, 2.45) is 0 Å². The Hall–Kier alpha value is -0.690. The van der Waals surface area contributed by atoms with Crippen molar-refractivity contribution in [1.82, 2.24) is 0 Å². The SMILES string of the molecule is C=C/C=C(\C=C)C=S. The second kappa shape index (κ2) is 4.47. The lowest BCUT2D eigenvalue weighted by Crippen LogP contribution is -1.70. The van der Waals surface area contributed by atoms with Gasteiger partial charge in [-0.3, -0.25) is 0 Å². The number of hydrogen-bond acceptors (Lipinski definition) is 1. The first kappa shape index (κ1) is 7.31. The van der Waals surface area contributed by atoms with E-state index in [4.69, 9.17) is 0 Å². The van der Waals surface area contributed by atoms with Gasteiger partial charge in [0.2, 0.25) is 0 Å². The van der Waals surface area contributed by atoms with Gasteiger partial charge >= 0.3 is 0 Å². The van der Waals surface area contributed by atoms with Crippen LogP contribution in [0.3, 0.4) is 0 Å². The maximum absolute atomic E-state index is 4.63. The minimum Gasteiger partial charge on any atom is -0.0990 e. The highest BCUT2D eigenvalue weighted by Crippen LogP contribution is 1.89. The van der Waals surface area contributed by atoms with Crippen LogP contribution in [0.4, 0.5) is 0 Å². The molecule has 0 atom stereocenters. The van der Waals surface area contributed by atoms with Crippen molar-refractivity contribution in [1.29, 1.82) is 0 Å². The molecule has 0 saturated carbocycles. The standard InChI is InChI=1S/C7H8S/c1-3-5-7(4-2)6-8/h3-6H,1-2H2/b7-5+. The second-order valence-corrected chi connectivity index (χ2v) is 1.46. The second-order valence-electron chi connectivity index (χ2n) is 1.22. The van der Waals surface area contributed by atoms with Crippen molar-refractivity contribution in [2.75, 3.05) is 0 Å². The zero-order valence-electron chi connectivity index (χ0n) is 4.63. The Labute approximate surface area is 55.2 Å². The molecule has 0 aromatic rings. The topological polar surface area (TPSA) is 0 Å². The van der Waals surface area contributed by atoms with Crippen LogP contribution in [0, 0.1) is 0 Å². The zero-order chi connectivity index (χ0) is 6.41. The van der Waals surface area contributed by atoms with Gasteiger partial charge in [0.25, 0.3) is 0 Å². The Kier molecular flexibility index (Phi) is 4.08. The van der Waals surface area contributed by atoms with E-state index in [0.717, 1.165) is 5.57 Å². The molecule has 0 aromatic heterocycles. The molecule has 0 radical (unpaired) electrons. The van der Waals surface area contributed by atoms with E-state index in [1.165, 1.54) is 0 Å². The highest BCUT2D eigenvalue weighted by molar-refractivity contribution is 7.79. The van der Waals surface area contributed by atoms with Crippen molar-refractivity contribution in [3.8, 4) is 0 Å². The number of thiocarbonyl (C=S) groups is 1. The summed E-state index contributed by atoms with van der Waals surface area (Å²) in [6.07, 6.45) is 5.18. The monoisotopic (exact) mass is 124 g/mol. The van der Waals surface area contributed by atoms with Gasteiger partial charge in [0, 0.05) is 5.37 Å². The van der Waals surface area contributed by atoms with Gasteiger partial charge < -0.3 is 0 Å². The van der Waals surface area contributed by atoms with Crippen molar-refractivity contribution in [3.63, 3.8) is 0 Å². The normalized spacial score (nSPS) is 10.2. The Morgan fingerprint density at radius 1 is 1.38 bits per heavy atom. The molecule has 0 unspecified atom stereocenters. The maximum Gasteiger partial charge on any atom is 0.00858 e. The molecule has 42 valence electrons. The summed E-state index contributed by atoms with van der Waals surface area (Å²) < 4.78 is 0.